The monoisotopic (exact) mass is 236 g/mol. The number of hydrogen-bond donors (Lipinski definition) is 1. The van der Waals surface area contributed by atoms with Gasteiger partial charge >= 0.3 is 0 Å². The summed E-state index contributed by atoms with van der Waals surface area (Å²) >= 11 is 0. The van der Waals surface area contributed by atoms with Crippen LogP contribution in [-0.2, 0) is 0 Å². The van der Waals surface area contributed by atoms with Crippen LogP contribution in [0.25, 0.3) is 0 Å². The first-order valence-corrected chi connectivity index (χ1v) is 5.88. The third-order valence-corrected chi connectivity index (χ3v) is 2.74. The molecule has 0 amide bonds. The Morgan fingerprint density at radius 2 is 2.12 bits per heavy atom. The summed E-state index contributed by atoms with van der Waals surface area (Å²) in [4.78, 5) is 11.9. The summed E-state index contributed by atoms with van der Waals surface area (Å²) in [6.07, 6.45) is 2.23. The van der Waals surface area contributed by atoms with Crippen molar-refractivity contribution in [2.45, 2.75) is 26.2 Å². The second-order valence-corrected chi connectivity index (χ2v) is 4.01. The van der Waals surface area contributed by atoms with Crippen molar-refractivity contribution in [2.24, 2.45) is 0 Å². The SMILES string of the molecule is CCCCC(=O)c1ccc2c(c1O)OCCO2. The maximum Gasteiger partial charge on any atom is 0.204 e. The van der Waals surface area contributed by atoms with Crippen molar-refractivity contribution in [3.8, 4) is 17.2 Å². The van der Waals surface area contributed by atoms with Crippen molar-refractivity contribution in [3.63, 3.8) is 0 Å². The first kappa shape index (κ1) is 11.8. The number of rotatable bonds is 4. The Balaban J connectivity index is 2.26. The van der Waals surface area contributed by atoms with Gasteiger partial charge in [-0.1, -0.05) is 13.3 Å². The molecule has 1 heterocycles. The topological polar surface area (TPSA) is 55.8 Å². The van der Waals surface area contributed by atoms with E-state index >= 15 is 0 Å². The van der Waals surface area contributed by atoms with E-state index in [0.29, 0.717) is 36.7 Å². The van der Waals surface area contributed by atoms with E-state index in [-0.39, 0.29) is 11.5 Å². The third kappa shape index (κ3) is 2.35. The summed E-state index contributed by atoms with van der Waals surface area (Å²) in [5, 5.41) is 9.98. The number of hydrogen-bond acceptors (Lipinski definition) is 4. The Morgan fingerprint density at radius 3 is 2.88 bits per heavy atom. The van der Waals surface area contributed by atoms with Gasteiger partial charge in [-0.25, -0.2) is 0 Å². The van der Waals surface area contributed by atoms with Gasteiger partial charge in [0.25, 0.3) is 0 Å². The molecular weight excluding hydrogens is 220 g/mol. The Hall–Kier alpha value is -1.71. The fraction of sp³-hybridized carbons (Fsp3) is 0.462. The summed E-state index contributed by atoms with van der Waals surface area (Å²) in [5.41, 5.74) is 0.322. The summed E-state index contributed by atoms with van der Waals surface area (Å²) in [5.74, 6) is 0.643. The van der Waals surface area contributed by atoms with Crippen LogP contribution < -0.4 is 9.47 Å². The van der Waals surface area contributed by atoms with Crippen LogP contribution in [0.5, 0.6) is 17.2 Å². The van der Waals surface area contributed by atoms with Gasteiger partial charge in [0.2, 0.25) is 5.75 Å². The lowest BCUT2D eigenvalue weighted by atomic mass is 10.0. The number of ketones is 1. The molecule has 1 aliphatic heterocycles. The van der Waals surface area contributed by atoms with Gasteiger partial charge in [0.15, 0.2) is 17.3 Å². The average Bonchev–Trinajstić information content (AvgIpc) is 2.37. The van der Waals surface area contributed by atoms with E-state index in [1.807, 2.05) is 6.92 Å². The summed E-state index contributed by atoms with van der Waals surface area (Å²) in [6.45, 7) is 2.89. The van der Waals surface area contributed by atoms with Crippen molar-refractivity contribution in [3.05, 3.63) is 17.7 Å². The van der Waals surface area contributed by atoms with Gasteiger partial charge in [-0.2, -0.15) is 0 Å². The molecule has 0 saturated carbocycles. The van der Waals surface area contributed by atoms with Crippen LogP contribution in [0.1, 0.15) is 36.5 Å². The predicted octanol–water partition coefficient (Wildman–Crippen LogP) is 2.54. The molecule has 0 fully saturated rings. The van der Waals surface area contributed by atoms with Gasteiger partial charge in [0.05, 0.1) is 5.56 Å². The summed E-state index contributed by atoms with van der Waals surface area (Å²) < 4.78 is 10.6. The molecule has 2 rings (SSSR count). The molecule has 1 aromatic carbocycles. The van der Waals surface area contributed by atoms with Crippen molar-refractivity contribution in [1.29, 1.82) is 0 Å². The molecule has 4 nitrogen and oxygen atoms in total. The van der Waals surface area contributed by atoms with Gasteiger partial charge in [0, 0.05) is 6.42 Å². The maximum absolute atomic E-state index is 11.9. The van der Waals surface area contributed by atoms with Crippen LogP contribution in [0.4, 0.5) is 0 Å². The van der Waals surface area contributed by atoms with E-state index in [4.69, 9.17) is 9.47 Å². The molecule has 0 bridgehead atoms. The first-order chi connectivity index (χ1) is 8.24. The molecule has 0 saturated heterocycles. The molecule has 0 aliphatic carbocycles. The van der Waals surface area contributed by atoms with Crippen LogP contribution in [-0.4, -0.2) is 24.1 Å². The Kier molecular flexibility index (Phi) is 3.52. The third-order valence-electron chi connectivity index (χ3n) is 2.74. The normalized spacial score (nSPS) is 13.5. The molecule has 0 unspecified atom stereocenters. The second-order valence-electron chi connectivity index (χ2n) is 4.01. The molecular formula is C13H16O4. The predicted molar refractivity (Wildman–Crippen MR) is 63.0 cm³/mol. The molecule has 1 aromatic rings. The average molecular weight is 236 g/mol. The molecule has 0 atom stereocenters. The molecule has 1 aliphatic rings. The zero-order valence-electron chi connectivity index (χ0n) is 9.86. The van der Waals surface area contributed by atoms with Crippen molar-refractivity contribution in [2.75, 3.05) is 13.2 Å². The first-order valence-electron chi connectivity index (χ1n) is 5.88. The number of phenols is 1. The summed E-state index contributed by atoms with van der Waals surface area (Å²) in [7, 11) is 0. The van der Waals surface area contributed by atoms with Gasteiger partial charge in [0.1, 0.15) is 13.2 Å². The Bertz CT molecular complexity index is 426. The van der Waals surface area contributed by atoms with Crippen LogP contribution in [0, 0.1) is 0 Å². The summed E-state index contributed by atoms with van der Waals surface area (Å²) in [6, 6.07) is 3.27. The molecule has 92 valence electrons. The lowest BCUT2D eigenvalue weighted by molar-refractivity contribution is 0.0975. The zero-order chi connectivity index (χ0) is 12.3. The van der Waals surface area contributed by atoms with Gasteiger partial charge in [-0.15, -0.1) is 0 Å². The van der Waals surface area contributed by atoms with E-state index in [2.05, 4.69) is 0 Å². The number of carbonyl (C=O) groups excluding carboxylic acids is 1. The fourth-order valence-corrected chi connectivity index (χ4v) is 1.80. The van der Waals surface area contributed by atoms with Crippen LogP contribution in [0.2, 0.25) is 0 Å². The molecule has 0 spiro atoms. The van der Waals surface area contributed by atoms with E-state index in [9.17, 15) is 9.90 Å². The lowest BCUT2D eigenvalue weighted by Crippen LogP contribution is -2.16. The minimum atomic E-state index is -0.0942. The quantitative estimate of drug-likeness (QED) is 0.816. The molecule has 0 radical (unpaired) electrons. The molecule has 17 heavy (non-hydrogen) atoms. The van der Waals surface area contributed by atoms with Crippen LogP contribution in [0.3, 0.4) is 0 Å². The number of ether oxygens (including phenoxy) is 2. The maximum atomic E-state index is 11.9. The van der Waals surface area contributed by atoms with E-state index in [1.54, 1.807) is 12.1 Å². The number of unbranched alkanes of at least 4 members (excludes halogenated alkanes) is 1. The highest BCUT2D eigenvalue weighted by molar-refractivity contribution is 5.99. The van der Waals surface area contributed by atoms with Crippen molar-refractivity contribution >= 4 is 5.78 Å². The highest BCUT2D eigenvalue weighted by atomic mass is 16.6. The highest BCUT2D eigenvalue weighted by Crippen LogP contribution is 2.41. The number of fused-ring (bicyclic) bond motifs is 1. The Labute approximate surface area is 100 Å². The van der Waals surface area contributed by atoms with E-state index < -0.39 is 0 Å². The fourth-order valence-electron chi connectivity index (χ4n) is 1.80. The minimum absolute atomic E-state index is 0.0543. The largest absolute Gasteiger partial charge is 0.504 e. The minimum Gasteiger partial charge on any atom is -0.504 e. The smallest absolute Gasteiger partial charge is 0.204 e. The number of carbonyl (C=O) groups is 1. The van der Waals surface area contributed by atoms with E-state index in [1.165, 1.54) is 0 Å². The molecule has 4 heteroatoms. The second kappa shape index (κ2) is 5.08. The van der Waals surface area contributed by atoms with E-state index in [0.717, 1.165) is 12.8 Å². The molecule has 0 aromatic heterocycles. The lowest BCUT2D eigenvalue weighted by Gasteiger charge is -2.20. The Morgan fingerprint density at radius 1 is 1.35 bits per heavy atom. The number of aromatic hydroxyl groups is 1. The van der Waals surface area contributed by atoms with Gasteiger partial charge in [-0.05, 0) is 18.6 Å². The number of Topliss-reactive ketones (excluding diaryl/α,β-unsaturated/α-hetero) is 1. The van der Waals surface area contributed by atoms with Crippen LogP contribution >= 0.6 is 0 Å². The standard InChI is InChI=1S/C13H16O4/c1-2-3-4-10(14)9-5-6-11-13(12(9)15)17-8-7-16-11/h5-6,15H,2-4,7-8H2,1H3. The zero-order valence-corrected chi connectivity index (χ0v) is 9.86. The number of benzene rings is 1. The number of phenolic OH excluding ortho intramolecular Hbond substituents is 1. The van der Waals surface area contributed by atoms with Crippen molar-refractivity contribution in [1.82, 2.24) is 0 Å². The van der Waals surface area contributed by atoms with Gasteiger partial charge < -0.3 is 14.6 Å². The van der Waals surface area contributed by atoms with Crippen LogP contribution in [0.15, 0.2) is 12.1 Å². The molecule has 1 N–H and O–H groups in total. The highest BCUT2D eigenvalue weighted by Gasteiger charge is 2.21. The van der Waals surface area contributed by atoms with Gasteiger partial charge in [-0.3, -0.25) is 4.79 Å². The van der Waals surface area contributed by atoms with Crippen molar-refractivity contribution < 1.29 is 19.4 Å².